The zero-order valence-corrected chi connectivity index (χ0v) is 14.5. The van der Waals surface area contributed by atoms with E-state index in [1.807, 2.05) is 6.92 Å². The molecule has 0 heterocycles. The molecule has 4 N–H and O–H groups in total. The van der Waals surface area contributed by atoms with Crippen molar-refractivity contribution in [1.82, 2.24) is 0 Å². The first-order chi connectivity index (χ1) is 12.5. The van der Waals surface area contributed by atoms with Crippen LogP contribution in [0.1, 0.15) is 34.1 Å². The van der Waals surface area contributed by atoms with E-state index in [0.717, 1.165) is 6.42 Å². The van der Waals surface area contributed by atoms with Crippen LogP contribution in [0.5, 0.6) is 0 Å². The SMILES string of the molecule is CCCOC(=O)c1ccc(NCC(=O)Nc2ccc(C(N)=O)cc2)cc1. The second-order valence-corrected chi connectivity index (χ2v) is 5.56. The molecule has 136 valence electrons. The molecule has 0 atom stereocenters. The fourth-order valence-electron chi connectivity index (χ4n) is 2.11. The number of esters is 1. The lowest BCUT2D eigenvalue weighted by Crippen LogP contribution is -2.21. The Labute approximate surface area is 151 Å². The topological polar surface area (TPSA) is 111 Å². The highest BCUT2D eigenvalue weighted by Crippen LogP contribution is 2.12. The maximum Gasteiger partial charge on any atom is 0.338 e. The Morgan fingerprint density at radius 1 is 0.923 bits per heavy atom. The molecule has 2 aromatic rings. The third-order valence-corrected chi connectivity index (χ3v) is 3.46. The van der Waals surface area contributed by atoms with Crippen molar-refractivity contribution >= 4 is 29.2 Å². The summed E-state index contributed by atoms with van der Waals surface area (Å²) in [6.45, 7) is 2.37. The molecular formula is C19H21N3O4. The maximum atomic E-state index is 12.0. The molecule has 0 aliphatic rings. The maximum absolute atomic E-state index is 12.0. The lowest BCUT2D eigenvalue weighted by Gasteiger charge is -2.09. The summed E-state index contributed by atoms with van der Waals surface area (Å²) in [5.41, 5.74) is 7.27. The molecule has 2 aromatic carbocycles. The minimum atomic E-state index is -0.522. The van der Waals surface area contributed by atoms with Crippen LogP contribution in [-0.4, -0.2) is 30.9 Å². The van der Waals surface area contributed by atoms with E-state index in [0.29, 0.717) is 29.1 Å². The fourth-order valence-corrected chi connectivity index (χ4v) is 2.11. The molecule has 0 spiro atoms. The van der Waals surface area contributed by atoms with Crippen LogP contribution in [0.3, 0.4) is 0 Å². The van der Waals surface area contributed by atoms with E-state index in [2.05, 4.69) is 10.6 Å². The fraction of sp³-hybridized carbons (Fsp3) is 0.211. The molecule has 0 unspecified atom stereocenters. The number of benzene rings is 2. The number of amides is 2. The summed E-state index contributed by atoms with van der Waals surface area (Å²) in [6, 6.07) is 13.0. The van der Waals surface area contributed by atoms with Gasteiger partial charge < -0.3 is 21.1 Å². The number of primary amides is 1. The first-order valence-corrected chi connectivity index (χ1v) is 8.20. The predicted octanol–water partition coefficient (Wildman–Crippen LogP) is 2.40. The van der Waals surface area contributed by atoms with E-state index in [4.69, 9.17) is 10.5 Å². The van der Waals surface area contributed by atoms with Crippen molar-refractivity contribution in [1.29, 1.82) is 0 Å². The molecule has 0 saturated carbocycles. The first kappa shape index (κ1) is 19.0. The highest BCUT2D eigenvalue weighted by molar-refractivity contribution is 5.96. The number of nitrogens with two attached hydrogens (primary N) is 1. The number of ether oxygens (including phenoxy) is 1. The van der Waals surface area contributed by atoms with Crippen LogP contribution in [0.4, 0.5) is 11.4 Å². The van der Waals surface area contributed by atoms with Crippen LogP contribution < -0.4 is 16.4 Å². The van der Waals surface area contributed by atoms with Crippen LogP contribution in [0, 0.1) is 0 Å². The van der Waals surface area contributed by atoms with Gasteiger partial charge >= 0.3 is 5.97 Å². The van der Waals surface area contributed by atoms with Crippen molar-refractivity contribution in [2.24, 2.45) is 5.73 Å². The molecule has 2 rings (SSSR count). The van der Waals surface area contributed by atoms with Crippen LogP contribution >= 0.6 is 0 Å². The molecule has 0 radical (unpaired) electrons. The zero-order valence-electron chi connectivity index (χ0n) is 14.5. The van der Waals surface area contributed by atoms with E-state index in [1.165, 1.54) is 0 Å². The van der Waals surface area contributed by atoms with Gasteiger partial charge in [0.1, 0.15) is 0 Å². The largest absolute Gasteiger partial charge is 0.462 e. The van der Waals surface area contributed by atoms with Crippen LogP contribution in [0.15, 0.2) is 48.5 Å². The van der Waals surface area contributed by atoms with Crippen molar-refractivity contribution < 1.29 is 19.1 Å². The van der Waals surface area contributed by atoms with Gasteiger partial charge in [-0.25, -0.2) is 4.79 Å². The van der Waals surface area contributed by atoms with Crippen LogP contribution in [-0.2, 0) is 9.53 Å². The summed E-state index contributed by atoms with van der Waals surface area (Å²) in [5, 5.41) is 5.67. The Kier molecular flexibility index (Phi) is 6.73. The summed E-state index contributed by atoms with van der Waals surface area (Å²) in [4.78, 5) is 34.7. The van der Waals surface area contributed by atoms with Gasteiger partial charge in [0.25, 0.3) is 0 Å². The standard InChI is InChI=1S/C19H21N3O4/c1-2-11-26-19(25)14-5-7-15(8-6-14)21-12-17(23)22-16-9-3-13(4-10-16)18(20)24/h3-10,21H,2,11-12H2,1H3,(H2,20,24)(H,22,23). The molecule has 2 amide bonds. The smallest absolute Gasteiger partial charge is 0.338 e. The quantitative estimate of drug-likeness (QED) is 0.630. The van der Waals surface area contributed by atoms with E-state index >= 15 is 0 Å². The van der Waals surface area contributed by atoms with Crippen LogP contribution in [0.25, 0.3) is 0 Å². The van der Waals surface area contributed by atoms with Gasteiger partial charge in [0.05, 0.1) is 18.7 Å². The van der Waals surface area contributed by atoms with Crippen molar-refractivity contribution in [2.45, 2.75) is 13.3 Å². The molecular weight excluding hydrogens is 334 g/mol. The van der Waals surface area contributed by atoms with Gasteiger partial charge in [0.15, 0.2) is 0 Å². The van der Waals surface area contributed by atoms with Gasteiger partial charge in [-0.15, -0.1) is 0 Å². The van der Waals surface area contributed by atoms with Gasteiger partial charge in [0, 0.05) is 16.9 Å². The number of hydrogen-bond acceptors (Lipinski definition) is 5. The summed E-state index contributed by atoms with van der Waals surface area (Å²) in [7, 11) is 0. The number of hydrogen-bond donors (Lipinski definition) is 3. The minimum absolute atomic E-state index is 0.0528. The van der Waals surface area contributed by atoms with E-state index < -0.39 is 5.91 Å². The number of anilines is 2. The number of carbonyl (C=O) groups excluding carboxylic acids is 3. The normalized spacial score (nSPS) is 10.0. The third-order valence-electron chi connectivity index (χ3n) is 3.46. The number of rotatable bonds is 8. The molecule has 0 fully saturated rings. The molecule has 0 aromatic heterocycles. The van der Waals surface area contributed by atoms with Gasteiger partial charge in [-0.3, -0.25) is 9.59 Å². The van der Waals surface area contributed by atoms with Gasteiger partial charge in [0.2, 0.25) is 11.8 Å². The lowest BCUT2D eigenvalue weighted by molar-refractivity contribution is -0.114. The number of nitrogens with one attached hydrogen (secondary N) is 2. The molecule has 0 aliphatic heterocycles. The Hall–Kier alpha value is -3.35. The van der Waals surface area contributed by atoms with Gasteiger partial charge in [-0.05, 0) is 55.0 Å². The van der Waals surface area contributed by atoms with Crippen molar-refractivity contribution in [2.75, 3.05) is 23.8 Å². The van der Waals surface area contributed by atoms with E-state index in [-0.39, 0.29) is 18.4 Å². The van der Waals surface area contributed by atoms with Crippen molar-refractivity contribution in [3.05, 3.63) is 59.7 Å². The Morgan fingerprint density at radius 3 is 2.08 bits per heavy atom. The average molecular weight is 355 g/mol. The second kappa shape index (κ2) is 9.22. The summed E-state index contributed by atoms with van der Waals surface area (Å²) in [6.07, 6.45) is 0.770. The Balaban J connectivity index is 1.83. The summed E-state index contributed by atoms with van der Waals surface area (Å²) >= 11 is 0. The van der Waals surface area contributed by atoms with E-state index in [1.54, 1.807) is 48.5 Å². The molecule has 0 bridgehead atoms. The Bertz CT molecular complexity index is 770. The van der Waals surface area contributed by atoms with Gasteiger partial charge in [-0.1, -0.05) is 6.92 Å². The summed E-state index contributed by atoms with van der Waals surface area (Å²) in [5.74, 6) is -1.13. The highest BCUT2D eigenvalue weighted by atomic mass is 16.5. The molecule has 26 heavy (non-hydrogen) atoms. The second-order valence-electron chi connectivity index (χ2n) is 5.56. The van der Waals surface area contributed by atoms with Crippen LogP contribution in [0.2, 0.25) is 0 Å². The third kappa shape index (κ3) is 5.62. The minimum Gasteiger partial charge on any atom is -0.462 e. The van der Waals surface area contributed by atoms with Gasteiger partial charge in [-0.2, -0.15) is 0 Å². The highest BCUT2D eigenvalue weighted by Gasteiger charge is 2.07. The first-order valence-electron chi connectivity index (χ1n) is 8.20. The molecule has 7 nitrogen and oxygen atoms in total. The van der Waals surface area contributed by atoms with Crippen molar-refractivity contribution in [3.8, 4) is 0 Å². The lowest BCUT2D eigenvalue weighted by atomic mass is 10.2. The number of carbonyl (C=O) groups is 3. The molecule has 0 aliphatic carbocycles. The zero-order chi connectivity index (χ0) is 18.9. The van der Waals surface area contributed by atoms with Crippen molar-refractivity contribution in [3.63, 3.8) is 0 Å². The predicted molar refractivity (Wildman–Crippen MR) is 99.1 cm³/mol. The van der Waals surface area contributed by atoms with E-state index in [9.17, 15) is 14.4 Å². The summed E-state index contributed by atoms with van der Waals surface area (Å²) < 4.78 is 5.05. The molecule has 7 heteroatoms. The average Bonchev–Trinajstić information content (AvgIpc) is 2.65. The Morgan fingerprint density at radius 2 is 1.50 bits per heavy atom. The molecule has 0 saturated heterocycles. The monoisotopic (exact) mass is 355 g/mol.